The van der Waals surface area contributed by atoms with Crippen LogP contribution in [0, 0.1) is 0 Å². The van der Waals surface area contributed by atoms with Crippen LogP contribution in [0.15, 0.2) is 67.0 Å². The van der Waals surface area contributed by atoms with Crippen molar-refractivity contribution < 1.29 is 0 Å². The Balaban J connectivity index is 2.16. The van der Waals surface area contributed by atoms with Crippen molar-refractivity contribution in [2.75, 3.05) is 0 Å². The predicted molar refractivity (Wildman–Crippen MR) is 120 cm³/mol. The van der Waals surface area contributed by atoms with E-state index in [9.17, 15) is 0 Å². The number of aromatic nitrogens is 2. The van der Waals surface area contributed by atoms with Crippen molar-refractivity contribution in [3.05, 3.63) is 67.0 Å². The van der Waals surface area contributed by atoms with Crippen molar-refractivity contribution in [2.24, 2.45) is 0 Å². The van der Waals surface area contributed by atoms with Gasteiger partial charge < -0.3 is 0 Å². The van der Waals surface area contributed by atoms with E-state index in [0.717, 1.165) is 5.82 Å². The van der Waals surface area contributed by atoms with Gasteiger partial charge in [-0.05, 0) is 0 Å². The van der Waals surface area contributed by atoms with Crippen LogP contribution in [-0.2, 0) is 0 Å². The molecule has 0 aliphatic rings. The third kappa shape index (κ3) is 4.31. The Kier molecular flexibility index (Phi) is 7.17. The van der Waals surface area contributed by atoms with Gasteiger partial charge in [-0.2, -0.15) is 0 Å². The second-order valence-corrected chi connectivity index (χ2v) is 20.7. The van der Waals surface area contributed by atoms with Gasteiger partial charge in [-0.25, -0.2) is 0 Å². The quantitative estimate of drug-likeness (QED) is 0.332. The molecule has 1 heterocycles. The average Bonchev–Trinajstić information content (AvgIpc) is 3.19. The molecule has 0 N–H and O–H groups in total. The van der Waals surface area contributed by atoms with Gasteiger partial charge in [0, 0.05) is 0 Å². The van der Waals surface area contributed by atoms with Gasteiger partial charge in [0.2, 0.25) is 0 Å². The summed E-state index contributed by atoms with van der Waals surface area (Å²) in [5.74, 6) is 1.10. The summed E-state index contributed by atoms with van der Waals surface area (Å²) in [7, 11) is 0. The number of rotatable bonds is 9. The van der Waals surface area contributed by atoms with Gasteiger partial charge >= 0.3 is 169 Å². The molecule has 0 amide bonds. The van der Waals surface area contributed by atoms with Crippen LogP contribution in [0.3, 0.4) is 0 Å². The molecule has 0 bridgehead atoms. The maximum atomic E-state index is 4.81. The first-order chi connectivity index (χ1) is 13.3. The topological polar surface area (TPSA) is 17.8 Å². The zero-order valence-electron chi connectivity index (χ0n) is 17.0. The van der Waals surface area contributed by atoms with Crippen LogP contribution in [0.25, 0.3) is 17.1 Å². The van der Waals surface area contributed by atoms with Crippen LogP contribution < -0.4 is 3.58 Å². The number of para-hydroxylation sites is 1. The number of hydrogen-bond acceptors (Lipinski definition) is 1. The van der Waals surface area contributed by atoms with E-state index in [-0.39, 0.29) is 0 Å². The standard InChI is InChI=1S/C15H11N2.3C3H7.Sn/c1-3-7-13(8-4-1)15-16-11-12-17(15)14-9-5-2-6-10-14;3*1-3-2;/h1-7,9-12H;3*1,3H2,2H3;. The van der Waals surface area contributed by atoms with E-state index in [4.69, 9.17) is 4.98 Å². The fourth-order valence-corrected chi connectivity index (χ4v) is 20.8. The van der Waals surface area contributed by atoms with Crippen molar-refractivity contribution >= 4 is 22.0 Å². The van der Waals surface area contributed by atoms with E-state index in [1.54, 1.807) is 3.58 Å². The third-order valence-electron chi connectivity index (χ3n) is 5.60. The van der Waals surface area contributed by atoms with Crippen molar-refractivity contribution in [1.29, 1.82) is 0 Å². The molecule has 3 rings (SSSR count). The molecule has 0 fully saturated rings. The van der Waals surface area contributed by atoms with Crippen LogP contribution >= 0.6 is 0 Å². The Labute approximate surface area is 168 Å². The zero-order valence-corrected chi connectivity index (χ0v) is 19.8. The Hall–Kier alpha value is -1.55. The van der Waals surface area contributed by atoms with E-state index in [1.807, 2.05) is 6.20 Å². The number of nitrogens with zero attached hydrogens (tertiary/aromatic N) is 2. The molecule has 2 nitrogen and oxygen atoms in total. The first kappa shape index (κ1) is 20.2. The third-order valence-corrected chi connectivity index (χ3v) is 22.6. The summed E-state index contributed by atoms with van der Waals surface area (Å²) >= 11 is -2.46. The van der Waals surface area contributed by atoms with Crippen molar-refractivity contribution in [1.82, 2.24) is 9.55 Å². The molecule has 0 aliphatic carbocycles. The molecule has 0 aliphatic heterocycles. The first-order valence-corrected chi connectivity index (χ1v) is 17.9. The van der Waals surface area contributed by atoms with E-state index >= 15 is 0 Å². The zero-order chi connectivity index (χ0) is 19.1. The van der Waals surface area contributed by atoms with Crippen LogP contribution in [0.2, 0.25) is 13.3 Å². The molecule has 0 atom stereocenters. The molecular weight excluding hydrogens is 435 g/mol. The molecule has 3 aromatic rings. The molecule has 3 heteroatoms. The molecular formula is C24H32N2Sn. The Morgan fingerprint density at radius 1 is 0.778 bits per heavy atom. The number of imidazole rings is 1. The number of hydrogen-bond donors (Lipinski definition) is 0. The molecule has 0 saturated heterocycles. The minimum atomic E-state index is -2.46. The molecule has 0 radical (unpaired) electrons. The molecule has 142 valence electrons. The first-order valence-electron chi connectivity index (χ1n) is 10.4. The van der Waals surface area contributed by atoms with E-state index < -0.39 is 18.4 Å². The second-order valence-electron chi connectivity index (χ2n) is 7.53. The van der Waals surface area contributed by atoms with Gasteiger partial charge in [-0.1, -0.05) is 0 Å². The molecule has 0 spiro atoms. The van der Waals surface area contributed by atoms with Crippen molar-refractivity contribution in [2.45, 2.75) is 53.3 Å². The summed E-state index contributed by atoms with van der Waals surface area (Å²) in [5.41, 5.74) is 2.56. The second kappa shape index (κ2) is 9.59. The molecule has 1 aromatic heterocycles. The molecule has 2 aromatic carbocycles. The number of benzene rings is 2. The van der Waals surface area contributed by atoms with Crippen LogP contribution in [0.4, 0.5) is 0 Å². The SMILES string of the molecule is CC[CH2][Sn]([CH2]CC)([CH2]CC)[c]1ccccc1-c1nccn1-c1ccccc1. The van der Waals surface area contributed by atoms with Gasteiger partial charge in [0.05, 0.1) is 0 Å². The summed E-state index contributed by atoms with van der Waals surface area (Å²) in [6.07, 6.45) is 7.94. The van der Waals surface area contributed by atoms with Crippen molar-refractivity contribution in [3.8, 4) is 17.1 Å². The molecule has 0 unspecified atom stereocenters. The minimum absolute atomic E-state index is 1.10. The molecule has 0 saturated carbocycles. The van der Waals surface area contributed by atoms with E-state index in [2.05, 4.69) is 86.1 Å². The fraction of sp³-hybridized carbons (Fsp3) is 0.375. The predicted octanol–water partition coefficient (Wildman–Crippen LogP) is 6.43. The van der Waals surface area contributed by atoms with Gasteiger partial charge in [-0.3, -0.25) is 0 Å². The fourth-order valence-electron chi connectivity index (χ4n) is 4.65. The maximum absolute atomic E-state index is 4.81. The van der Waals surface area contributed by atoms with Crippen LogP contribution in [-0.4, -0.2) is 27.9 Å². The van der Waals surface area contributed by atoms with E-state index in [0.29, 0.717) is 0 Å². The van der Waals surface area contributed by atoms with Crippen LogP contribution in [0.5, 0.6) is 0 Å². The van der Waals surface area contributed by atoms with Crippen molar-refractivity contribution in [3.63, 3.8) is 0 Å². The van der Waals surface area contributed by atoms with Crippen LogP contribution in [0.1, 0.15) is 40.0 Å². The average molecular weight is 467 g/mol. The molecule has 27 heavy (non-hydrogen) atoms. The van der Waals surface area contributed by atoms with Gasteiger partial charge in [0.25, 0.3) is 0 Å². The summed E-state index contributed by atoms with van der Waals surface area (Å²) < 4.78 is 8.26. The summed E-state index contributed by atoms with van der Waals surface area (Å²) in [6, 6.07) is 19.8. The van der Waals surface area contributed by atoms with Gasteiger partial charge in [0.1, 0.15) is 0 Å². The normalized spacial score (nSPS) is 11.7. The van der Waals surface area contributed by atoms with Gasteiger partial charge in [0.15, 0.2) is 0 Å². The summed E-state index contributed by atoms with van der Waals surface area (Å²) in [4.78, 5) is 4.81. The Bertz CT molecular complexity index is 821. The summed E-state index contributed by atoms with van der Waals surface area (Å²) in [5, 5.41) is 0. The van der Waals surface area contributed by atoms with E-state index in [1.165, 1.54) is 43.8 Å². The monoisotopic (exact) mass is 468 g/mol. The Morgan fingerprint density at radius 3 is 2.00 bits per heavy atom. The summed E-state index contributed by atoms with van der Waals surface area (Å²) in [6.45, 7) is 7.10. The Morgan fingerprint density at radius 2 is 1.37 bits per heavy atom. The van der Waals surface area contributed by atoms with Gasteiger partial charge in [-0.15, -0.1) is 0 Å².